The van der Waals surface area contributed by atoms with Gasteiger partial charge in [0, 0.05) is 30.7 Å². The highest BCUT2D eigenvalue weighted by atomic mass is 16.4. The number of rotatable bonds is 9. The summed E-state index contributed by atoms with van der Waals surface area (Å²) >= 11 is 0. The van der Waals surface area contributed by atoms with Crippen molar-refractivity contribution in [1.82, 2.24) is 25.4 Å². The predicted molar refractivity (Wildman–Crippen MR) is 134 cm³/mol. The molecular formula is C26H32N6O3. The molecule has 35 heavy (non-hydrogen) atoms. The molecule has 2 aromatic heterocycles. The Hall–Kier alpha value is -3.46. The number of aromatic amines is 1. The van der Waals surface area contributed by atoms with Crippen molar-refractivity contribution in [2.24, 2.45) is 5.92 Å². The maximum atomic E-state index is 12.8. The topological polar surface area (TPSA) is 123 Å². The molecule has 9 heteroatoms. The number of aryl methyl sites for hydroxylation is 2. The fourth-order valence-electron chi connectivity index (χ4n) is 5.17. The number of carboxylic acid groups (broad SMARTS) is 1. The van der Waals surface area contributed by atoms with Gasteiger partial charge in [0.25, 0.3) is 5.91 Å². The lowest BCUT2D eigenvalue weighted by Gasteiger charge is -2.20. The van der Waals surface area contributed by atoms with E-state index in [0.717, 1.165) is 62.2 Å². The lowest BCUT2D eigenvalue weighted by Crippen LogP contribution is -2.43. The Balaban J connectivity index is 1.10. The van der Waals surface area contributed by atoms with Crippen LogP contribution >= 0.6 is 0 Å². The van der Waals surface area contributed by atoms with E-state index >= 15 is 0 Å². The Bertz CT molecular complexity index is 1210. The van der Waals surface area contributed by atoms with Crippen LogP contribution in [0.2, 0.25) is 0 Å². The third kappa shape index (κ3) is 5.45. The number of carboxylic acids is 1. The average Bonchev–Trinajstić information content (AvgIpc) is 3.54. The Labute approximate surface area is 204 Å². The van der Waals surface area contributed by atoms with Gasteiger partial charge in [-0.25, -0.2) is 9.78 Å². The van der Waals surface area contributed by atoms with Crippen molar-refractivity contribution in [2.45, 2.75) is 44.6 Å². The molecule has 9 nitrogen and oxygen atoms in total. The minimum absolute atomic E-state index is 0.366. The first-order chi connectivity index (χ1) is 17.1. The zero-order chi connectivity index (χ0) is 24.2. The number of hydrogen-bond acceptors (Lipinski definition) is 6. The van der Waals surface area contributed by atoms with Gasteiger partial charge in [-0.3, -0.25) is 9.89 Å². The van der Waals surface area contributed by atoms with Crippen molar-refractivity contribution >= 4 is 28.6 Å². The SMILES string of the molecule is O=C(N[C@@H](CCN1CC[C@H](CCc2ccc3c(n2)NCCC3)C1)C(=O)O)c1cccc2cn[nH]c12. The first-order valence-corrected chi connectivity index (χ1v) is 12.5. The molecule has 1 amide bonds. The summed E-state index contributed by atoms with van der Waals surface area (Å²) in [6.45, 7) is 3.55. The number of fused-ring (bicyclic) bond motifs is 2. The zero-order valence-electron chi connectivity index (χ0n) is 19.8. The number of nitrogens with zero attached hydrogens (tertiary/aromatic N) is 3. The van der Waals surface area contributed by atoms with Crippen LogP contribution < -0.4 is 10.6 Å². The van der Waals surface area contributed by atoms with E-state index in [1.54, 1.807) is 18.3 Å². The Morgan fingerprint density at radius 3 is 3.06 bits per heavy atom. The fraction of sp³-hybridized carbons (Fsp3) is 0.462. The number of anilines is 1. The van der Waals surface area contributed by atoms with E-state index in [-0.39, 0.29) is 0 Å². The first kappa shape index (κ1) is 23.3. The summed E-state index contributed by atoms with van der Waals surface area (Å²) in [6.07, 6.45) is 7.42. The molecule has 4 heterocycles. The number of amides is 1. The normalized spacial score (nSPS) is 18.7. The Morgan fingerprint density at radius 2 is 2.17 bits per heavy atom. The van der Waals surface area contributed by atoms with Crippen molar-refractivity contribution in [3.8, 4) is 0 Å². The average molecular weight is 477 g/mol. The van der Waals surface area contributed by atoms with Crippen LogP contribution in [0.4, 0.5) is 5.82 Å². The number of likely N-dealkylation sites (tertiary alicyclic amines) is 1. The molecule has 5 rings (SSSR count). The molecule has 0 bridgehead atoms. The summed E-state index contributed by atoms with van der Waals surface area (Å²) in [5, 5.41) is 23.4. The quantitative estimate of drug-likeness (QED) is 0.374. The molecule has 0 spiro atoms. The first-order valence-electron chi connectivity index (χ1n) is 12.5. The molecule has 3 aromatic rings. The minimum Gasteiger partial charge on any atom is -0.480 e. The van der Waals surface area contributed by atoms with Crippen LogP contribution in [0.25, 0.3) is 10.9 Å². The number of aromatic nitrogens is 3. The number of carbonyl (C=O) groups is 2. The minimum atomic E-state index is -1.02. The predicted octanol–water partition coefficient (Wildman–Crippen LogP) is 2.84. The van der Waals surface area contributed by atoms with Crippen LogP contribution in [-0.4, -0.2) is 69.3 Å². The van der Waals surface area contributed by atoms with Crippen molar-refractivity contribution in [3.63, 3.8) is 0 Å². The number of H-pyrrole nitrogens is 1. The molecule has 1 saturated heterocycles. The second kappa shape index (κ2) is 10.4. The summed E-state index contributed by atoms with van der Waals surface area (Å²) in [5.41, 5.74) is 3.46. The highest BCUT2D eigenvalue weighted by molar-refractivity contribution is 6.06. The van der Waals surface area contributed by atoms with Crippen LogP contribution in [0.1, 0.15) is 47.3 Å². The molecule has 2 aliphatic rings. The van der Waals surface area contributed by atoms with E-state index in [9.17, 15) is 14.7 Å². The van der Waals surface area contributed by atoms with E-state index in [2.05, 4.69) is 37.9 Å². The number of para-hydroxylation sites is 1. The van der Waals surface area contributed by atoms with Crippen molar-refractivity contribution in [2.75, 3.05) is 31.5 Å². The smallest absolute Gasteiger partial charge is 0.326 e. The summed E-state index contributed by atoms with van der Waals surface area (Å²) in [6, 6.07) is 8.72. The van der Waals surface area contributed by atoms with Gasteiger partial charge in [-0.15, -0.1) is 0 Å². The number of pyridine rings is 1. The van der Waals surface area contributed by atoms with Crippen molar-refractivity contribution in [3.05, 3.63) is 53.3 Å². The molecule has 2 atom stereocenters. The monoisotopic (exact) mass is 476 g/mol. The third-order valence-corrected chi connectivity index (χ3v) is 7.19. The summed E-state index contributed by atoms with van der Waals surface area (Å²) in [4.78, 5) is 31.7. The van der Waals surface area contributed by atoms with Gasteiger partial charge in [0.15, 0.2) is 0 Å². The standard InChI is InChI=1S/C26H32N6O3/c33-25(21-5-1-3-19-15-28-31-23(19)21)30-22(26(34)35)11-14-32-13-10-17(16-32)6-8-20-9-7-18-4-2-12-27-24(18)29-20/h1,3,5,7,9,15,17,22H,2,4,6,8,10-14,16H2,(H,27,29)(H,28,31)(H,30,33)(H,34,35)/t17-,22-/m0/s1. The van der Waals surface area contributed by atoms with Crippen LogP contribution in [0.5, 0.6) is 0 Å². The van der Waals surface area contributed by atoms with Gasteiger partial charge < -0.3 is 20.6 Å². The van der Waals surface area contributed by atoms with Gasteiger partial charge in [-0.2, -0.15) is 5.10 Å². The maximum absolute atomic E-state index is 12.8. The summed E-state index contributed by atoms with van der Waals surface area (Å²) in [7, 11) is 0. The lowest BCUT2D eigenvalue weighted by molar-refractivity contribution is -0.139. The molecule has 1 aromatic carbocycles. The zero-order valence-corrected chi connectivity index (χ0v) is 19.8. The molecule has 0 saturated carbocycles. The van der Waals surface area contributed by atoms with Crippen LogP contribution in [-0.2, 0) is 17.6 Å². The highest BCUT2D eigenvalue weighted by Crippen LogP contribution is 2.24. The molecular weight excluding hydrogens is 444 g/mol. The molecule has 2 aliphatic heterocycles. The lowest BCUT2D eigenvalue weighted by atomic mass is 10.00. The fourth-order valence-corrected chi connectivity index (χ4v) is 5.17. The Morgan fingerprint density at radius 1 is 1.26 bits per heavy atom. The van der Waals surface area contributed by atoms with Crippen LogP contribution in [0, 0.1) is 5.92 Å². The largest absolute Gasteiger partial charge is 0.480 e. The van der Waals surface area contributed by atoms with Gasteiger partial charge in [0.2, 0.25) is 0 Å². The van der Waals surface area contributed by atoms with Gasteiger partial charge in [0.1, 0.15) is 11.9 Å². The second-order valence-corrected chi connectivity index (χ2v) is 9.63. The second-order valence-electron chi connectivity index (χ2n) is 9.63. The number of hydrogen-bond donors (Lipinski definition) is 4. The number of aliphatic carboxylic acids is 1. The van der Waals surface area contributed by atoms with E-state index in [1.165, 1.54) is 12.0 Å². The van der Waals surface area contributed by atoms with E-state index in [4.69, 9.17) is 4.98 Å². The van der Waals surface area contributed by atoms with Crippen LogP contribution in [0.3, 0.4) is 0 Å². The Kier molecular flexibility index (Phi) is 6.94. The molecule has 0 aliphatic carbocycles. The summed E-state index contributed by atoms with van der Waals surface area (Å²) in [5.74, 6) is 0.209. The molecule has 0 radical (unpaired) electrons. The van der Waals surface area contributed by atoms with Gasteiger partial charge in [-0.1, -0.05) is 18.2 Å². The molecule has 184 valence electrons. The molecule has 0 unspecified atom stereocenters. The molecule has 1 fully saturated rings. The third-order valence-electron chi connectivity index (χ3n) is 7.19. The van der Waals surface area contributed by atoms with E-state index in [1.807, 2.05) is 6.07 Å². The van der Waals surface area contributed by atoms with E-state index in [0.29, 0.717) is 30.0 Å². The van der Waals surface area contributed by atoms with Gasteiger partial charge in [0.05, 0.1) is 17.3 Å². The van der Waals surface area contributed by atoms with Crippen LogP contribution in [0.15, 0.2) is 36.5 Å². The molecule has 4 N–H and O–H groups in total. The number of benzene rings is 1. The van der Waals surface area contributed by atoms with Gasteiger partial charge in [-0.05, 0) is 68.7 Å². The van der Waals surface area contributed by atoms with Gasteiger partial charge >= 0.3 is 5.97 Å². The summed E-state index contributed by atoms with van der Waals surface area (Å²) < 4.78 is 0. The van der Waals surface area contributed by atoms with Crippen molar-refractivity contribution < 1.29 is 14.7 Å². The highest BCUT2D eigenvalue weighted by Gasteiger charge is 2.26. The van der Waals surface area contributed by atoms with E-state index < -0.39 is 17.9 Å². The number of nitrogens with one attached hydrogen (secondary N) is 3. The maximum Gasteiger partial charge on any atom is 0.326 e. The number of carbonyl (C=O) groups excluding carboxylic acids is 1. The van der Waals surface area contributed by atoms with Crippen molar-refractivity contribution in [1.29, 1.82) is 0 Å².